The van der Waals surface area contributed by atoms with Crippen molar-refractivity contribution in [2.75, 3.05) is 0 Å². The maximum absolute atomic E-state index is 11.0. The van der Waals surface area contributed by atoms with E-state index in [0.29, 0.717) is 12.1 Å². The lowest BCUT2D eigenvalue weighted by molar-refractivity contribution is 0.463. The first kappa shape index (κ1) is 11.1. The quantitative estimate of drug-likeness (QED) is 0.773. The third-order valence-electron chi connectivity index (χ3n) is 1.84. The molecule has 14 heavy (non-hydrogen) atoms. The first-order chi connectivity index (χ1) is 6.55. The fourth-order valence-electron chi connectivity index (χ4n) is 1.20. The van der Waals surface area contributed by atoms with Gasteiger partial charge in [0.2, 0.25) is 0 Å². The van der Waals surface area contributed by atoms with Gasteiger partial charge in [0.25, 0.3) is 10.1 Å². The van der Waals surface area contributed by atoms with Crippen LogP contribution in [0, 0.1) is 6.92 Å². The predicted molar refractivity (Wildman–Crippen MR) is 53.1 cm³/mol. The molecule has 1 N–H and O–H groups in total. The molecular weight excluding hydrogens is 202 g/mol. The van der Waals surface area contributed by atoms with Gasteiger partial charge in [-0.15, -0.1) is 0 Å². The molecule has 1 atom stereocenters. The summed E-state index contributed by atoms with van der Waals surface area (Å²) in [6, 6.07) is 4.95. The molecule has 0 saturated carbocycles. The van der Waals surface area contributed by atoms with Crippen molar-refractivity contribution in [1.82, 2.24) is 4.98 Å². The van der Waals surface area contributed by atoms with Gasteiger partial charge < -0.3 is 0 Å². The molecule has 0 aliphatic heterocycles. The van der Waals surface area contributed by atoms with E-state index in [0.717, 1.165) is 0 Å². The fourth-order valence-corrected chi connectivity index (χ4v) is 2.11. The zero-order chi connectivity index (χ0) is 10.6. The van der Waals surface area contributed by atoms with Gasteiger partial charge in [-0.25, -0.2) is 0 Å². The van der Waals surface area contributed by atoms with Crippen molar-refractivity contribution in [2.45, 2.75) is 18.1 Å². The molecule has 4 nitrogen and oxygen atoms in total. The Morgan fingerprint density at radius 3 is 2.64 bits per heavy atom. The number of hydrogen-bond acceptors (Lipinski definition) is 3. The standard InChI is InChI=1S/C9H12NO3S/c1-2-5-9(14(11,12)13)8-6-3-4-7-10-8/h3-4,6-7,9H,1-2,5H2,(H,11,12,13). The molecule has 0 aromatic carbocycles. The highest BCUT2D eigenvalue weighted by Gasteiger charge is 2.24. The van der Waals surface area contributed by atoms with Crippen molar-refractivity contribution >= 4 is 10.1 Å². The molecule has 1 rings (SSSR count). The summed E-state index contributed by atoms with van der Waals surface area (Å²) < 4.78 is 31.0. The van der Waals surface area contributed by atoms with Crippen molar-refractivity contribution in [3.8, 4) is 0 Å². The van der Waals surface area contributed by atoms with Crippen molar-refractivity contribution in [3.63, 3.8) is 0 Å². The zero-order valence-corrected chi connectivity index (χ0v) is 8.44. The summed E-state index contributed by atoms with van der Waals surface area (Å²) in [5.41, 5.74) is 0.360. The second kappa shape index (κ2) is 4.52. The molecule has 0 spiro atoms. The Hall–Kier alpha value is -0.940. The van der Waals surface area contributed by atoms with Crippen LogP contribution in [0.4, 0.5) is 0 Å². The van der Waals surface area contributed by atoms with E-state index in [-0.39, 0.29) is 6.42 Å². The van der Waals surface area contributed by atoms with Gasteiger partial charge in [-0.2, -0.15) is 8.42 Å². The van der Waals surface area contributed by atoms with Gasteiger partial charge in [-0.05, 0) is 18.6 Å². The molecule has 1 heterocycles. The van der Waals surface area contributed by atoms with Crippen molar-refractivity contribution in [3.05, 3.63) is 37.0 Å². The third kappa shape index (κ3) is 2.78. The van der Waals surface area contributed by atoms with E-state index in [2.05, 4.69) is 11.9 Å². The van der Waals surface area contributed by atoms with E-state index >= 15 is 0 Å². The van der Waals surface area contributed by atoms with Gasteiger partial charge in [-0.1, -0.05) is 19.4 Å². The van der Waals surface area contributed by atoms with E-state index in [1.165, 1.54) is 6.20 Å². The molecule has 77 valence electrons. The Morgan fingerprint density at radius 2 is 2.21 bits per heavy atom. The highest BCUT2D eigenvalue weighted by Crippen LogP contribution is 2.24. The number of pyridine rings is 1. The minimum atomic E-state index is -4.08. The molecule has 0 aliphatic rings. The SMILES string of the molecule is [CH2]CCC(c1ccccn1)S(=O)(=O)O. The number of nitrogens with zero attached hydrogens (tertiary/aromatic N) is 1. The number of rotatable bonds is 4. The minimum Gasteiger partial charge on any atom is -0.285 e. The first-order valence-corrected chi connectivity index (χ1v) is 5.72. The lowest BCUT2D eigenvalue weighted by Gasteiger charge is -2.11. The summed E-state index contributed by atoms with van der Waals surface area (Å²) >= 11 is 0. The minimum absolute atomic E-state index is 0.274. The number of hydrogen-bond donors (Lipinski definition) is 1. The van der Waals surface area contributed by atoms with Crippen LogP contribution in [0.25, 0.3) is 0 Å². The van der Waals surface area contributed by atoms with Crippen LogP contribution in [-0.4, -0.2) is 18.0 Å². The molecule has 1 unspecified atom stereocenters. The summed E-state index contributed by atoms with van der Waals surface area (Å²) in [7, 11) is -4.08. The molecule has 1 aromatic heterocycles. The summed E-state index contributed by atoms with van der Waals surface area (Å²) in [5, 5.41) is -0.957. The van der Waals surface area contributed by atoms with Crippen molar-refractivity contribution in [1.29, 1.82) is 0 Å². The lowest BCUT2D eigenvalue weighted by atomic mass is 10.2. The Morgan fingerprint density at radius 1 is 1.50 bits per heavy atom. The lowest BCUT2D eigenvalue weighted by Crippen LogP contribution is -2.13. The van der Waals surface area contributed by atoms with Crippen LogP contribution in [0.3, 0.4) is 0 Å². The van der Waals surface area contributed by atoms with Gasteiger partial charge in [0, 0.05) is 6.20 Å². The van der Waals surface area contributed by atoms with E-state index in [9.17, 15) is 8.42 Å². The topological polar surface area (TPSA) is 67.3 Å². The van der Waals surface area contributed by atoms with E-state index in [4.69, 9.17) is 4.55 Å². The second-order valence-electron chi connectivity index (χ2n) is 2.90. The average molecular weight is 214 g/mol. The average Bonchev–Trinajstić information content (AvgIpc) is 2.14. The summed E-state index contributed by atoms with van der Waals surface area (Å²) in [6.45, 7) is 3.56. The maximum Gasteiger partial charge on any atom is 0.273 e. The smallest absolute Gasteiger partial charge is 0.273 e. The van der Waals surface area contributed by atoms with Gasteiger partial charge >= 0.3 is 0 Å². The predicted octanol–water partition coefficient (Wildman–Crippen LogP) is 1.62. The van der Waals surface area contributed by atoms with Crippen LogP contribution in [-0.2, 0) is 10.1 Å². The molecule has 5 heteroatoms. The van der Waals surface area contributed by atoms with Crippen LogP contribution in [0.5, 0.6) is 0 Å². The second-order valence-corrected chi connectivity index (χ2v) is 4.50. The highest BCUT2D eigenvalue weighted by molar-refractivity contribution is 7.86. The van der Waals surface area contributed by atoms with Crippen LogP contribution in [0.2, 0.25) is 0 Å². The molecule has 0 amide bonds. The van der Waals surface area contributed by atoms with Crippen molar-refractivity contribution < 1.29 is 13.0 Å². The molecule has 0 saturated heterocycles. The summed E-state index contributed by atoms with van der Waals surface area (Å²) in [6.07, 6.45) is 2.20. The van der Waals surface area contributed by atoms with Gasteiger partial charge in [0.15, 0.2) is 0 Å². The van der Waals surface area contributed by atoms with Crippen LogP contribution < -0.4 is 0 Å². The van der Waals surface area contributed by atoms with Gasteiger partial charge in [0.1, 0.15) is 5.25 Å². The molecule has 1 aromatic rings. The molecule has 0 fully saturated rings. The molecule has 1 radical (unpaired) electrons. The number of aromatic nitrogens is 1. The highest BCUT2D eigenvalue weighted by atomic mass is 32.2. The third-order valence-corrected chi connectivity index (χ3v) is 3.04. The van der Waals surface area contributed by atoms with Gasteiger partial charge in [-0.3, -0.25) is 9.54 Å². The fraction of sp³-hybridized carbons (Fsp3) is 0.333. The molecular formula is C9H12NO3S. The maximum atomic E-state index is 11.0. The zero-order valence-electron chi connectivity index (χ0n) is 7.63. The van der Waals surface area contributed by atoms with Crippen LogP contribution in [0.1, 0.15) is 23.8 Å². The monoisotopic (exact) mass is 214 g/mol. The van der Waals surface area contributed by atoms with Gasteiger partial charge in [0.05, 0.1) is 5.69 Å². The Bertz CT molecular complexity index is 374. The summed E-state index contributed by atoms with van der Waals surface area (Å²) in [5.74, 6) is 0. The van der Waals surface area contributed by atoms with Crippen LogP contribution in [0.15, 0.2) is 24.4 Å². The van der Waals surface area contributed by atoms with E-state index in [1.54, 1.807) is 18.2 Å². The Balaban J connectivity index is 3.02. The first-order valence-electron chi connectivity index (χ1n) is 4.22. The van der Waals surface area contributed by atoms with E-state index in [1.807, 2.05) is 0 Å². The Labute approximate surface area is 83.7 Å². The Kier molecular flexibility index (Phi) is 3.60. The molecule has 0 bridgehead atoms. The largest absolute Gasteiger partial charge is 0.285 e. The van der Waals surface area contributed by atoms with E-state index < -0.39 is 15.4 Å². The summed E-state index contributed by atoms with van der Waals surface area (Å²) in [4.78, 5) is 3.90. The van der Waals surface area contributed by atoms with Crippen molar-refractivity contribution in [2.24, 2.45) is 0 Å². The molecule has 0 aliphatic carbocycles. The van der Waals surface area contributed by atoms with Crippen LogP contribution >= 0.6 is 0 Å². The normalized spacial score (nSPS) is 13.9.